The molecule has 1 amide bonds. The predicted molar refractivity (Wildman–Crippen MR) is 96.4 cm³/mol. The van der Waals surface area contributed by atoms with Gasteiger partial charge in [-0.05, 0) is 44.2 Å². The Kier molecular flexibility index (Phi) is 3.76. The Balaban J connectivity index is 1.13. The van der Waals surface area contributed by atoms with Crippen LogP contribution in [0.1, 0.15) is 55.9 Å². The minimum Gasteiger partial charge on any atom is -0.484 e. The number of nitrogens with zero attached hydrogens (tertiary/aromatic N) is 1. The van der Waals surface area contributed by atoms with Gasteiger partial charge in [-0.3, -0.25) is 4.79 Å². The van der Waals surface area contributed by atoms with Crippen molar-refractivity contribution in [3.63, 3.8) is 0 Å². The first-order chi connectivity index (χ1) is 13.0. The highest BCUT2D eigenvalue weighted by molar-refractivity contribution is 6.30. The topological polar surface area (TPSA) is 64.4 Å². The van der Waals surface area contributed by atoms with E-state index in [-0.39, 0.29) is 34.2 Å². The molecule has 0 atom stereocenters. The van der Waals surface area contributed by atoms with Crippen molar-refractivity contribution in [3.8, 4) is 5.75 Å². The summed E-state index contributed by atoms with van der Waals surface area (Å²) in [7, 11) is 0. The van der Waals surface area contributed by atoms with Crippen molar-refractivity contribution < 1.29 is 18.4 Å². The third kappa shape index (κ3) is 2.81. The van der Waals surface area contributed by atoms with Crippen LogP contribution in [0.5, 0.6) is 5.75 Å². The fraction of sp³-hybridized carbons (Fsp3) is 0.500. The number of rotatable bonds is 6. The lowest BCUT2D eigenvalue weighted by Crippen LogP contribution is -2.77. The van der Waals surface area contributed by atoms with Gasteiger partial charge in [-0.2, -0.15) is 0 Å². The number of benzene rings is 1. The second kappa shape index (κ2) is 5.96. The van der Waals surface area contributed by atoms with Crippen LogP contribution in [0.2, 0.25) is 5.02 Å². The average Bonchev–Trinajstić information content (AvgIpc) is 2.98. The molecule has 1 aromatic carbocycles. The van der Waals surface area contributed by atoms with Crippen LogP contribution in [-0.2, 0) is 10.2 Å². The van der Waals surface area contributed by atoms with Gasteiger partial charge in [0.1, 0.15) is 17.3 Å². The number of nitrogens with one attached hydrogen (secondary N) is 1. The Hall–Kier alpha value is -2.08. The number of hydrogen-bond acceptors (Lipinski definition) is 4. The molecule has 2 aromatic rings. The van der Waals surface area contributed by atoms with Gasteiger partial charge < -0.3 is 14.6 Å². The Morgan fingerprint density at radius 2 is 2.11 bits per heavy atom. The Bertz CT molecular complexity index is 889. The molecule has 2 bridgehead atoms. The maximum absolute atomic E-state index is 13.4. The molecule has 27 heavy (non-hydrogen) atoms. The van der Waals surface area contributed by atoms with Crippen molar-refractivity contribution in [2.75, 3.05) is 6.61 Å². The van der Waals surface area contributed by atoms with Crippen molar-refractivity contribution in [1.29, 1.82) is 0 Å². The zero-order valence-electron chi connectivity index (χ0n) is 14.8. The van der Waals surface area contributed by atoms with Crippen molar-refractivity contribution >= 4 is 17.5 Å². The van der Waals surface area contributed by atoms with Crippen molar-refractivity contribution in [2.24, 2.45) is 0 Å². The molecule has 1 aromatic heterocycles. The van der Waals surface area contributed by atoms with E-state index in [1.807, 2.05) is 0 Å². The number of carbonyl (C=O) groups excluding carboxylic acids is 1. The van der Waals surface area contributed by atoms with E-state index in [1.165, 1.54) is 37.5 Å². The fourth-order valence-corrected chi connectivity index (χ4v) is 4.78. The lowest BCUT2D eigenvalue weighted by molar-refractivity contribution is -0.143. The van der Waals surface area contributed by atoms with E-state index in [0.29, 0.717) is 5.92 Å². The maximum Gasteiger partial charge on any atom is 0.258 e. The second-order valence-electron chi connectivity index (χ2n) is 8.25. The third-order valence-electron chi connectivity index (χ3n) is 6.27. The van der Waals surface area contributed by atoms with Crippen LogP contribution < -0.4 is 10.1 Å². The molecule has 0 aliphatic heterocycles. The molecule has 0 unspecified atom stereocenters. The number of halogens is 2. The lowest BCUT2D eigenvalue weighted by Gasteiger charge is -2.69. The minimum absolute atomic E-state index is 0.0267. The number of aromatic nitrogens is 1. The standard InChI is InChI=1S/C20H20ClFN2O3/c21-14-5-4-13(6-15(14)22)26-8-18(25)23-20-9-19(10-20,11-20)17-7-16(24-27-17)12-2-1-3-12/h4-7,12H,1-3,8-11H2,(H,23,25). The van der Waals surface area contributed by atoms with E-state index in [4.69, 9.17) is 20.9 Å². The third-order valence-corrected chi connectivity index (χ3v) is 6.58. The number of carbonyl (C=O) groups is 1. The Morgan fingerprint density at radius 1 is 1.33 bits per heavy atom. The van der Waals surface area contributed by atoms with E-state index < -0.39 is 5.82 Å². The van der Waals surface area contributed by atoms with Crippen LogP contribution in [0.3, 0.4) is 0 Å². The summed E-state index contributed by atoms with van der Waals surface area (Å²) in [5.74, 6) is 1.05. The first-order valence-corrected chi connectivity index (χ1v) is 9.71. The zero-order chi connectivity index (χ0) is 18.6. The molecule has 0 radical (unpaired) electrons. The summed E-state index contributed by atoms with van der Waals surface area (Å²) in [5.41, 5.74) is 0.972. The monoisotopic (exact) mass is 390 g/mol. The summed E-state index contributed by atoms with van der Waals surface area (Å²) in [5, 5.41) is 7.33. The van der Waals surface area contributed by atoms with Gasteiger partial charge in [-0.15, -0.1) is 0 Å². The van der Waals surface area contributed by atoms with Gasteiger partial charge in [-0.1, -0.05) is 23.2 Å². The molecule has 7 heteroatoms. The summed E-state index contributed by atoms with van der Waals surface area (Å²) in [6, 6.07) is 6.24. The lowest BCUT2D eigenvalue weighted by atomic mass is 9.38. The number of hydrogen-bond donors (Lipinski definition) is 1. The first kappa shape index (κ1) is 17.0. The van der Waals surface area contributed by atoms with Crippen LogP contribution in [-0.4, -0.2) is 23.2 Å². The second-order valence-corrected chi connectivity index (χ2v) is 8.65. The highest BCUT2D eigenvalue weighted by atomic mass is 35.5. The molecule has 142 valence electrons. The van der Waals surface area contributed by atoms with E-state index in [1.54, 1.807) is 0 Å². The molecular formula is C20H20ClFN2O3. The molecule has 1 N–H and O–H groups in total. The van der Waals surface area contributed by atoms with E-state index in [2.05, 4.69) is 16.5 Å². The van der Waals surface area contributed by atoms with Gasteiger partial charge in [-0.25, -0.2) is 4.39 Å². The van der Waals surface area contributed by atoms with Crippen LogP contribution in [0.25, 0.3) is 0 Å². The average molecular weight is 391 g/mol. The maximum atomic E-state index is 13.4. The Morgan fingerprint density at radius 3 is 2.78 bits per heavy atom. The largest absolute Gasteiger partial charge is 0.484 e. The minimum atomic E-state index is -0.565. The quantitative estimate of drug-likeness (QED) is 0.806. The molecule has 4 aliphatic rings. The van der Waals surface area contributed by atoms with Crippen LogP contribution in [0, 0.1) is 5.82 Å². The van der Waals surface area contributed by atoms with Gasteiger partial charge in [0.05, 0.1) is 10.7 Å². The molecule has 6 rings (SSSR count). The van der Waals surface area contributed by atoms with Crippen LogP contribution in [0.4, 0.5) is 4.39 Å². The molecule has 4 aliphatic carbocycles. The van der Waals surface area contributed by atoms with Gasteiger partial charge in [0.2, 0.25) is 0 Å². The van der Waals surface area contributed by atoms with Gasteiger partial charge in [0, 0.05) is 29.0 Å². The van der Waals surface area contributed by atoms with Crippen molar-refractivity contribution in [1.82, 2.24) is 10.5 Å². The summed E-state index contributed by atoms with van der Waals surface area (Å²) in [4.78, 5) is 12.2. The predicted octanol–water partition coefficient (Wildman–Crippen LogP) is 4.10. The zero-order valence-corrected chi connectivity index (χ0v) is 15.5. The summed E-state index contributed by atoms with van der Waals surface area (Å²) in [6.45, 7) is -0.149. The van der Waals surface area contributed by atoms with E-state index >= 15 is 0 Å². The van der Waals surface area contributed by atoms with Gasteiger partial charge >= 0.3 is 0 Å². The van der Waals surface area contributed by atoms with Crippen molar-refractivity contribution in [2.45, 2.75) is 55.4 Å². The van der Waals surface area contributed by atoms with Crippen LogP contribution in [0.15, 0.2) is 28.8 Å². The normalized spacial score (nSPS) is 28.7. The van der Waals surface area contributed by atoms with Crippen LogP contribution >= 0.6 is 11.6 Å². The molecular weight excluding hydrogens is 371 g/mol. The van der Waals surface area contributed by atoms with E-state index in [9.17, 15) is 9.18 Å². The first-order valence-electron chi connectivity index (χ1n) is 9.33. The number of amides is 1. The smallest absolute Gasteiger partial charge is 0.258 e. The van der Waals surface area contributed by atoms with E-state index in [0.717, 1.165) is 30.7 Å². The Labute approximate surface area is 161 Å². The highest BCUT2D eigenvalue weighted by Crippen LogP contribution is 2.68. The molecule has 4 fully saturated rings. The summed E-state index contributed by atoms with van der Waals surface area (Å²) in [6.07, 6.45) is 6.31. The highest BCUT2D eigenvalue weighted by Gasteiger charge is 2.71. The van der Waals surface area contributed by atoms with Crippen molar-refractivity contribution in [3.05, 3.63) is 46.6 Å². The number of ether oxygens (including phenoxy) is 1. The summed E-state index contributed by atoms with van der Waals surface area (Å²) < 4.78 is 24.4. The molecule has 4 saturated carbocycles. The summed E-state index contributed by atoms with van der Waals surface area (Å²) >= 11 is 5.63. The SMILES string of the molecule is O=C(COc1ccc(Cl)c(F)c1)NC12CC(c3cc(C4CCC4)no3)(C1)C2. The molecule has 0 spiro atoms. The fourth-order valence-electron chi connectivity index (χ4n) is 4.66. The molecule has 0 saturated heterocycles. The molecule has 5 nitrogen and oxygen atoms in total. The van der Waals surface area contributed by atoms with Gasteiger partial charge in [0.15, 0.2) is 6.61 Å². The van der Waals surface area contributed by atoms with Gasteiger partial charge in [0.25, 0.3) is 5.91 Å². The molecule has 1 heterocycles.